The van der Waals surface area contributed by atoms with Crippen molar-refractivity contribution in [1.82, 2.24) is 16.0 Å². The topological polar surface area (TPSA) is 143 Å². The number of alkyl carbamates (subject to hydrolysis) is 1. The molecule has 0 bridgehead atoms. The fraction of sp³-hybridized carbons (Fsp3) is 0.333. The Labute approximate surface area is 287 Å². The second kappa shape index (κ2) is 18.4. The van der Waals surface area contributed by atoms with Gasteiger partial charge in [0.05, 0.1) is 19.1 Å². The number of nitrogens with one attached hydrogen (secondary N) is 3. The molecule has 10 nitrogen and oxygen atoms in total. The zero-order valence-electron chi connectivity index (χ0n) is 27.8. The van der Waals surface area contributed by atoms with E-state index in [4.69, 9.17) is 9.47 Å². The Morgan fingerprint density at radius 1 is 0.878 bits per heavy atom. The van der Waals surface area contributed by atoms with Crippen LogP contribution in [-0.4, -0.2) is 60.8 Å². The van der Waals surface area contributed by atoms with Gasteiger partial charge in [-0.1, -0.05) is 91.0 Å². The maximum atomic E-state index is 13.6. The van der Waals surface area contributed by atoms with Gasteiger partial charge in [0, 0.05) is 18.4 Å². The van der Waals surface area contributed by atoms with Crippen LogP contribution in [0.5, 0.6) is 0 Å². The first kappa shape index (κ1) is 36.6. The number of carbonyl (C=O) groups is 4. The Kier molecular flexibility index (Phi) is 13.7. The van der Waals surface area contributed by atoms with Crippen LogP contribution in [0.2, 0.25) is 0 Å². The molecular formula is C39H45N3O7. The molecule has 0 unspecified atom stereocenters. The van der Waals surface area contributed by atoms with Gasteiger partial charge in [-0.25, -0.2) is 9.59 Å². The molecule has 0 aromatic heterocycles. The highest BCUT2D eigenvalue weighted by Crippen LogP contribution is 2.44. The maximum absolute atomic E-state index is 13.6. The average Bonchev–Trinajstić information content (AvgIpc) is 3.44. The molecule has 3 aromatic carbocycles. The van der Waals surface area contributed by atoms with E-state index >= 15 is 0 Å². The number of esters is 1. The number of amides is 3. The lowest BCUT2D eigenvalue weighted by Gasteiger charge is -2.24. The second-order valence-electron chi connectivity index (χ2n) is 12.0. The predicted molar refractivity (Wildman–Crippen MR) is 187 cm³/mol. The van der Waals surface area contributed by atoms with Gasteiger partial charge >= 0.3 is 12.1 Å². The smallest absolute Gasteiger partial charge is 0.407 e. The molecular weight excluding hydrogens is 622 g/mol. The predicted octanol–water partition coefficient (Wildman–Crippen LogP) is 5.34. The number of aliphatic hydroxyl groups is 1. The number of ether oxygens (including phenoxy) is 2. The van der Waals surface area contributed by atoms with E-state index in [0.717, 1.165) is 22.3 Å². The maximum Gasteiger partial charge on any atom is 0.407 e. The van der Waals surface area contributed by atoms with E-state index in [-0.39, 0.29) is 50.8 Å². The van der Waals surface area contributed by atoms with Crippen LogP contribution in [0, 0.1) is 5.92 Å². The van der Waals surface area contributed by atoms with E-state index < -0.39 is 42.1 Å². The molecule has 0 fully saturated rings. The van der Waals surface area contributed by atoms with E-state index in [2.05, 4.69) is 41.2 Å². The van der Waals surface area contributed by atoms with Crippen molar-refractivity contribution in [2.75, 3.05) is 19.8 Å². The minimum absolute atomic E-state index is 0.0734. The van der Waals surface area contributed by atoms with Crippen molar-refractivity contribution in [2.45, 2.75) is 56.7 Å². The Balaban J connectivity index is 1.41. The van der Waals surface area contributed by atoms with Crippen LogP contribution in [0.25, 0.3) is 11.1 Å². The van der Waals surface area contributed by atoms with Crippen LogP contribution in [-0.2, 0) is 23.9 Å². The molecule has 0 radical (unpaired) electrons. The third-order valence-electron chi connectivity index (χ3n) is 8.41. The number of fused-ring (bicyclic) bond motifs is 3. The number of aliphatic hydroxyl groups excluding tert-OH is 1. The lowest BCUT2D eigenvalue weighted by molar-refractivity contribution is -0.152. The normalized spacial score (nSPS) is 14.2. The molecule has 3 aromatic rings. The highest BCUT2D eigenvalue weighted by molar-refractivity contribution is 5.86. The largest absolute Gasteiger partial charge is 0.454 e. The zero-order valence-corrected chi connectivity index (χ0v) is 27.8. The third-order valence-corrected chi connectivity index (χ3v) is 8.41. The summed E-state index contributed by atoms with van der Waals surface area (Å²) in [6.07, 6.45) is 2.35. The molecule has 0 saturated heterocycles. The summed E-state index contributed by atoms with van der Waals surface area (Å²) in [6, 6.07) is 23.5. The van der Waals surface area contributed by atoms with E-state index in [0.29, 0.717) is 12.0 Å². The minimum Gasteiger partial charge on any atom is -0.454 e. The Hall–Kier alpha value is -5.22. The summed E-state index contributed by atoms with van der Waals surface area (Å²) in [5.74, 6) is -2.34. The Bertz CT molecular complexity index is 1560. The fourth-order valence-electron chi connectivity index (χ4n) is 5.86. The van der Waals surface area contributed by atoms with Gasteiger partial charge < -0.3 is 30.5 Å². The fourth-order valence-corrected chi connectivity index (χ4v) is 5.86. The lowest BCUT2D eigenvalue weighted by atomic mass is 9.98. The van der Waals surface area contributed by atoms with Gasteiger partial charge in [0.1, 0.15) is 18.8 Å². The Morgan fingerprint density at radius 3 is 2.12 bits per heavy atom. The van der Waals surface area contributed by atoms with Gasteiger partial charge in [0.2, 0.25) is 11.8 Å². The number of rotatable bonds is 18. The molecule has 0 heterocycles. The van der Waals surface area contributed by atoms with Crippen LogP contribution >= 0.6 is 0 Å². The van der Waals surface area contributed by atoms with E-state index in [1.807, 2.05) is 42.5 Å². The molecule has 0 saturated carbocycles. The summed E-state index contributed by atoms with van der Waals surface area (Å²) in [4.78, 5) is 52.3. The van der Waals surface area contributed by atoms with Gasteiger partial charge in [-0.05, 0) is 54.0 Å². The van der Waals surface area contributed by atoms with Gasteiger partial charge in [0.25, 0.3) is 0 Å². The van der Waals surface area contributed by atoms with Crippen LogP contribution < -0.4 is 16.0 Å². The summed E-state index contributed by atoms with van der Waals surface area (Å²) in [6.45, 7) is 8.89. The number of allylic oxidation sites excluding steroid dienone is 2. The summed E-state index contributed by atoms with van der Waals surface area (Å²) in [5, 5.41) is 17.4. The number of hydrogen-bond acceptors (Lipinski definition) is 7. The highest BCUT2D eigenvalue weighted by Gasteiger charge is 2.31. The van der Waals surface area contributed by atoms with E-state index in [9.17, 15) is 24.3 Å². The molecule has 0 aliphatic heterocycles. The molecule has 49 heavy (non-hydrogen) atoms. The van der Waals surface area contributed by atoms with Crippen molar-refractivity contribution in [1.29, 1.82) is 0 Å². The quantitative estimate of drug-likeness (QED) is 0.106. The minimum atomic E-state index is -1.04. The molecule has 258 valence electrons. The van der Waals surface area contributed by atoms with E-state index in [1.54, 1.807) is 43.3 Å². The molecule has 4 rings (SSSR count). The summed E-state index contributed by atoms with van der Waals surface area (Å²) in [7, 11) is 0. The molecule has 10 heteroatoms. The van der Waals surface area contributed by atoms with Crippen molar-refractivity contribution in [2.24, 2.45) is 5.92 Å². The first-order valence-corrected chi connectivity index (χ1v) is 16.5. The molecule has 4 atom stereocenters. The van der Waals surface area contributed by atoms with Crippen LogP contribution in [0.1, 0.15) is 61.3 Å². The molecule has 4 N–H and O–H groups in total. The second-order valence-corrected chi connectivity index (χ2v) is 12.0. The highest BCUT2D eigenvalue weighted by atomic mass is 16.6. The first-order chi connectivity index (χ1) is 23.7. The van der Waals surface area contributed by atoms with Crippen LogP contribution in [0.3, 0.4) is 0 Å². The molecule has 1 aliphatic rings. The van der Waals surface area contributed by atoms with Crippen molar-refractivity contribution in [3.63, 3.8) is 0 Å². The number of hydrogen-bond donors (Lipinski definition) is 4. The summed E-state index contributed by atoms with van der Waals surface area (Å²) < 4.78 is 11.6. The van der Waals surface area contributed by atoms with Gasteiger partial charge in [-0.3, -0.25) is 9.59 Å². The molecule has 1 aliphatic carbocycles. The van der Waals surface area contributed by atoms with Crippen molar-refractivity contribution in [3.8, 4) is 11.1 Å². The summed E-state index contributed by atoms with van der Waals surface area (Å²) in [5.41, 5.74) is 4.99. The summed E-state index contributed by atoms with van der Waals surface area (Å²) >= 11 is 0. The Morgan fingerprint density at radius 2 is 1.51 bits per heavy atom. The SMILES string of the molecule is C=CCC[C@H](NC(=O)OCC1c2ccccc2-c2ccccc21)C(=O)O[C@H](CNC(=O)[C@@H](CC=C)CC(=O)N[C@H](C)CO)c1ccccc1. The van der Waals surface area contributed by atoms with Crippen molar-refractivity contribution >= 4 is 23.9 Å². The van der Waals surface area contributed by atoms with Crippen molar-refractivity contribution < 1.29 is 33.8 Å². The van der Waals surface area contributed by atoms with Gasteiger partial charge in [-0.2, -0.15) is 0 Å². The monoisotopic (exact) mass is 667 g/mol. The van der Waals surface area contributed by atoms with Crippen LogP contribution in [0.15, 0.2) is 104 Å². The third kappa shape index (κ3) is 10.1. The van der Waals surface area contributed by atoms with Crippen molar-refractivity contribution in [3.05, 3.63) is 121 Å². The molecule has 3 amide bonds. The molecule has 0 spiro atoms. The number of carbonyl (C=O) groups excluding carboxylic acids is 4. The average molecular weight is 668 g/mol. The standard InChI is InChI=1S/C39H45N3O7/c1-4-6-21-34(42-39(47)48-25-33-31-19-12-10-17-29(31)30-18-11-13-20-32(30)33)38(46)49-35(27-15-8-7-9-16-27)23-40-37(45)28(14-5-2)22-36(44)41-26(3)24-43/h4-5,7-13,15-20,26,28,33-35,43H,1-2,6,14,21-25H2,3H3,(H,40,45)(H,41,44)(H,42,47)/t26-,28+,34+,35-/m1/s1. The lowest BCUT2D eigenvalue weighted by Crippen LogP contribution is -2.44. The van der Waals surface area contributed by atoms with Crippen LogP contribution in [0.4, 0.5) is 4.79 Å². The van der Waals surface area contributed by atoms with Gasteiger partial charge in [0.15, 0.2) is 0 Å². The number of benzene rings is 3. The first-order valence-electron chi connectivity index (χ1n) is 16.5. The van der Waals surface area contributed by atoms with Gasteiger partial charge in [-0.15, -0.1) is 13.2 Å². The van der Waals surface area contributed by atoms with E-state index in [1.165, 1.54) is 0 Å². The zero-order chi connectivity index (χ0) is 35.2.